The molecule has 0 aromatic heterocycles. The predicted octanol–water partition coefficient (Wildman–Crippen LogP) is 0.808. The molecule has 1 saturated heterocycles. The fourth-order valence-electron chi connectivity index (χ4n) is 2.83. The lowest BCUT2D eigenvalue weighted by molar-refractivity contribution is -0.144. The molecule has 1 N–H and O–H groups in total. The number of hydrogen-bond acceptors (Lipinski definition) is 10. The van der Waals surface area contributed by atoms with Crippen LogP contribution < -0.4 is 5.32 Å². The van der Waals surface area contributed by atoms with Crippen LogP contribution in [0.4, 0.5) is 0 Å². The molecule has 190 valence electrons. The summed E-state index contributed by atoms with van der Waals surface area (Å²) in [6.07, 6.45) is 2.81. The van der Waals surface area contributed by atoms with Gasteiger partial charge in [-0.3, -0.25) is 4.79 Å². The van der Waals surface area contributed by atoms with Crippen molar-refractivity contribution in [2.24, 2.45) is 0 Å². The van der Waals surface area contributed by atoms with Crippen LogP contribution in [0.5, 0.6) is 0 Å². The Morgan fingerprint density at radius 3 is 1.50 bits per heavy atom. The molecule has 10 nitrogen and oxygen atoms in total. The Balaban J connectivity index is 1.65. The first-order chi connectivity index (χ1) is 15.8. The van der Waals surface area contributed by atoms with Gasteiger partial charge >= 0.3 is 5.97 Å². The Morgan fingerprint density at radius 1 is 0.656 bits per heavy atom. The highest BCUT2D eigenvalue weighted by molar-refractivity contribution is 5.69. The van der Waals surface area contributed by atoms with E-state index in [-0.39, 0.29) is 12.4 Å². The lowest BCUT2D eigenvalue weighted by Crippen LogP contribution is -2.33. The second kappa shape index (κ2) is 23.3. The fraction of sp³-hybridized carbons (Fsp3) is 0.955. The van der Waals surface area contributed by atoms with Crippen LogP contribution >= 0.6 is 0 Å². The summed E-state index contributed by atoms with van der Waals surface area (Å²) in [6.45, 7) is 11.0. The molecule has 1 aliphatic heterocycles. The summed E-state index contributed by atoms with van der Waals surface area (Å²) < 4.78 is 43.0. The van der Waals surface area contributed by atoms with Gasteiger partial charge in [-0.05, 0) is 32.9 Å². The highest BCUT2D eigenvalue weighted by Crippen LogP contribution is 2.06. The second-order valence-corrected chi connectivity index (χ2v) is 7.05. The maximum Gasteiger partial charge on any atom is 0.308 e. The molecule has 0 radical (unpaired) electrons. The topological polar surface area (TPSA) is 103 Å². The molecule has 0 aromatic rings. The van der Waals surface area contributed by atoms with Crippen LogP contribution in [-0.4, -0.2) is 118 Å². The number of esters is 1. The third kappa shape index (κ3) is 19.8. The van der Waals surface area contributed by atoms with E-state index in [0.717, 1.165) is 25.9 Å². The zero-order chi connectivity index (χ0) is 23.0. The van der Waals surface area contributed by atoms with Gasteiger partial charge in [0.25, 0.3) is 0 Å². The molecular formula is C22H43NO9. The summed E-state index contributed by atoms with van der Waals surface area (Å²) in [6, 6.07) is 0. The second-order valence-electron chi connectivity index (χ2n) is 7.05. The van der Waals surface area contributed by atoms with Crippen molar-refractivity contribution in [2.75, 3.05) is 106 Å². The number of nitrogens with one attached hydrogen (secondary N) is 1. The van der Waals surface area contributed by atoms with Gasteiger partial charge in [0.2, 0.25) is 0 Å². The minimum absolute atomic E-state index is 0.242. The highest BCUT2D eigenvalue weighted by atomic mass is 16.6. The first kappa shape index (κ1) is 29.2. The average Bonchev–Trinajstić information content (AvgIpc) is 2.81. The van der Waals surface area contributed by atoms with Gasteiger partial charge in [-0.2, -0.15) is 0 Å². The van der Waals surface area contributed by atoms with Gasteiger partial charge in [-0.1, -0.05) is 0 Å². The number of carbonyl (C=O) groups excluding carboxylic acids is 1. The van der Waals surface area contributed by atoms with E-state index in [0.29, 0.717) is 98.6 Å². The Labute approximate surface area is 192 Å². The molecule has 0 bridgehead atoms. The maximum absolute atomic E-state index is 11.1. The summed E-state index contributed by atoms with van der Waals surface area (Å²) in [5.41, 5.74) is 0. The van der Waals surface area contributed by atoms with E-state index in [4.69, 9.17) is 37.9 Å². The molecule has 10 heteroatoms. The molecule has 1 heterocycles. The minimum Gasteiger partial charge on any atom is -0.466 e. The Kier molecular flexibility index (Phi) is 21.3. The first-order valence-electron chi connectivity index (χ1n) is 11.8. The van der Waals surface area contributed by atoms with Gasteiger partial charge in [0.1, 0.15) is 0 Å². The molecule has 1 aliphatic rings. The normalized spacial score (nSPS) is 14.7. The van der Waals surface area contributed by atoms with Crippen molar-refractivity contribution in [3.8, 4) is 0 Å². The summed E-state index contributed by atoms with van der Waals surface area (Å²) in [5, 5.41) is 3.32. The number of ether oxygens (including phenoxy) is 8. The van der Waals surface area contributed by atoms with Crippen LogP contribution in [0.3, 0.4) is 0 Å². The van der Waals surface area contributed by atoms with E-state index in [1.54, 1.807) is 6.92 Å². The van der Waals surface area contributed by atoms with Gasteiger partial charge in [-0.25, -0.2) is 0 Å². The average molecular weight is 466 g/mol. The van der Waals surface area contributed by atoms with E-state index in [2.05, 4.69) is 5.32 Å². The van der Waals surface area contributed by atoms with Crippen LogP contribution in [0.2, 0.25) is 0 Å². The smallest absolute Gasteiger partial charge is 0.308 e. The zero-order valence-corrected chi connectivity index (χ0v) is 19.7. The van der Waals surface area contributed by atoms with Gasteiger partial charge in [0.15, 0.2) is 0 Å². The van der Waals surface area contributed by atoms with E-state index in [9.17, 15) is 4.79 Å². The molecular weight excluding hydrogens is 422 g/mol. The third-order valence-corrected chi connectivity index (χ3v) is 4.48. The van der Waals surface area contributed by atoms with Crippen molar-refractivity contribution in [2.45, 2.75) is 32.3 Å². The van der Waals surface area contributed by atoms with E-state index < -0.39 is 0 Å². The Hall–Kier alpha value is -0.850. The van der Waals surface area contributed by atoms with Crippen molar-refractivity contribution in [3.63, 3.8) is 0 Å². The number of rotatable bonds is 23. The Morgan fingerprint density at radius 2 is 1.06 bits per heavy atom. The molecule has 1 rings (SSSR count). The molecule has 0 saturated carbocycles. The van der Waals surface area contributed by atoms with Crippen molar-refractivity contribution in [1.29, 1.82) is 0 Å². The van der Waals surface area contributed by atoms with E-state index in [1.807, 2.05) is 0 Å². The minimum atomic E-state index is -0.242. The van der Waals surface area contributed by atoms with Crippen LogP contribution in [0.25, 0.3) is 0 Å². The van der Waals surface area contributed by atoms with Crippen molar-refractivity contribution < 1.29 is 42.7 Å². The largest absolute Gasteiger partial charge is 0.466 e. The molecule has 0 spiro atoms. The summed E-state index contributed by atoms with van der Waals surface area (Å²) in [5.74, 6) is -0.242. The lowest BCUT2D eigenvalue weighted by atomic mass is 10.1. The third-order valence-electron chi connectivity index (χ3n) is 4.48. The quantitative estimate of drug-likeness (QED) is 0.172. The molecule has 0 amide bonds. The van der Waals surface area contributed by atoms with Crippen LogP contribution in [0.15, 0.2) is 0 Å². The molecule has 1 fully saturated rings. The number of carbonyl (C=O) groups is 1. The van der Waals surface area contributed by atoms with Crippen LogP contribution in [-0.2, 0) is 42.7 Å². The van der Waals surface area contributed by atoms with Crippen molar-refractivity contribution in [1.82, 2.24) is 5.32 Å². The van der Waals surface area contributed by atoms with Gasteiger partial charge < -0.3 is 43.2 Å². The van der Waals surface area contributed by atoms with Gasteiger partial charge in [0, 0.05) is 0 Å². The molecule has 32 heavy (non-hydrogen) atoms. The van der Waals surface area contributed by atoms with E-state index in [1.165, 1.54) is 0 Å². The van der Waals surface area contributed by atoms with Crippen molar-refractivity contribution in [3.05, 3.63) is 0 Å². The number of hydrogen-bond donors (Lipinski definition) is 1. The monoisotopic (exact) mass is 465 g/mol. The molecule has 0 aromatic carbocycles. The van der Waals surface area contributed by atoms with Crippen LogP contribution in [0.1, 0.15) is 26.2 Å². The summed E-state index contributed by atoms with van der Waals surface area (Å²) >= 11 is 0. The maximum atomic E-state index is 11.1. The van der Waals surface area contributed by atoms with Gasteiger partial charge in [0.05, 0.1) is 105 Å². The Bertz CT molecular complexity index is 409. The van der Waals surface area contributed by atoms with Crippen LogP contribution in [0, 0.1) is 0 Å². The molecule has 0 aliphatic carbocycles. The standard InChI is InChI=1S/C22H43NO9/c1-2-31-22(24)5-8-25-9-10-26-11-12-27-13-14-28-15-16-29-17-18-30-19-20-32-21-3-6-23-7-4-21/h21,23H,2-20H2,1H3. The fourth-order valence-corrected chi connectivity index (χ4v) is 2.83. The summed E-state index contributed by atoms with van der Waals surface area (Å²) in [4.78, 5) is 11.1. The SMILES string of the molecule is CCOC(=O)CCOCCOCCOCCOCCOCCOCCOC1CCNCC1. The number of piperidine rings is 1. The lowest BCUT2D eigenvalue weighted by Gasteiger charge is -2.22. The van der Waals surface area contributed by atoms with Crippen molar-refractivity contribution >= 4 is 5.97 Å². The molecule has 0 unspecified atom stereocenters. The first-order valence-corrected chi connectivity index (χ1v) is 11.8. The van der Waals surface area contributed by atoms with E-state index >= 15 is 0 Å². The predicted molar refractivity (Wildman–Crippen MR) is 118 cm³/mol. The summed E-state index contributed by atoms with van der Waals surface area (Å²) in [7, 11) is 0. The highest BCUT2D eigenvalue weighted by Gasteiger charge is 2.12. The molecule has 0 atom stereocenters. The van der Waals surface area contributed by atoms with Gasteiger partial charge in [-0.15, -0.1) is 0 Å². The zero-order valence-electron chi connectivity index (χ0n) is 19.7.